The van der Waals surface area contributed by atoms with E-state index in [2.05, 4.69) is 0 Å². The zero-order valence-electron chi connectivity index (χ0n) is 12.8. The van der Waals surface area contributed by atoms with E-state index in [1.165, 1.54) is 7.11 Å². The van der Waals surface area contributed by atoms with Crippen molar-refractivity contribution in [1.82, 2.24) is 0 Å². The van der Waals surface area contributed by atoms with E-state index in [4.69, 9.17) is 14.2 Å². The molecule has 1 aromatic carbocycles. The largest absolute Gasteiger partial charge is 0.497 e. The average Bonchev–Trinajstić information content (AvgIpc) is 2.39. The van der Waals surface area contributed by atoms with E-state index >= 15 is 0 Å². The van der Waals surface area contributed by atoms with Crippen LogP contribution in [0, 0.1) is 5.92 Å². The summed E-state index contributed by atoms with van der Waals surface area (Å²) in [4.78, 5) is 24.3. The fraction of sp³-hybridized carbons (Fsp3) is 0.500. The van der Waals surface area contributed by atoms with E-state index in [-0.39, 0.29) is 18.8 Å². The van der Waals surface area contributed by atoms with Crippen LogP contribution in [-0.2, 0) is 9.53 Å². The maximum absolute atomic E-state index is 12.4. The zero-order chi connectivity index (χ0) is 15.6. The predicted molar refractivity (Wildman–Crippen MR) is 76.8 cm³/mol. The lowest BCUT2D eigenvalue weighted by Gasteiger charge is -2.25. The van der Waals surface area contributed by atoms with Crippen LogP contribution in [0.25, 0.3) is 0 Å². The molecule has 1 aromatic rings. The quantitative estimate of drug-likeness (QED) is 0.801. The van der Waals surface area contributed by atoms with Crippen molar-refractivity contribution in [3.8, 4) is 11.5 Å². The van der Waals surface area contributed by atoms with Crippen LogP contribution in [0.15, 0.2) is 18.2 Å². The van der Waals surface area contributed by atoms with Gasteiger partial charge in [-0.25, -0.2) is 0 Å². The monoisotopic (exact) mass is 292 g/mol. The van der Waals surface area contributed by atoms with Crippen molar-refractivity contribution in [3.63, 3.8) is 0 Å². The topological polar surface area (TPSA) is 61.8 Å². The highest BCUT2D eigenvalue weighted by molar-refractivity contribution is 6.03. The first-order chi connectivity index (χ1) is 9.80. The van der Waals surface area contributed by atoms with Crippen LogP contribution in [-0.4, -0.2) is 31.1 Å². The molecule has 0 amide bonds. The summed E-state index contributed by atoms with van der Waals surface area (Å²) in [7, 11) is 1.54. The molecule has 5 heteroatoms. The first kappa shape index (κ1) is 15.4. The molecule has 5 nitrogen and oxygen atoms in total. The summed E-state index contributed by atoms with van der Waals surface area (Å²) in [5.41, 5.74) is -0.106. The van der Waals surface area contributed by atoms with E-state index in [1.54, 1.807) is 39.0 Å². The first-order valence-corrected chi connectivity index (χ1v) is 6.87. The predicted octanol–water partition coefficient (Wildman–Crippen LogP) is 2.62. The van der Waals surface area contributed by atoms with Crippen molar-refractivity contribution < 1.29 is 23.8 Å². The van der Waals surface area contributed by atoms with Gasteiger partial charge in [-0.1, -0.05) is 0 Å². The third-order valence-corrected chi connectivity index (χ3v) is 3.10. The molecule has 1 heterocycles. The highest BCUT2D eigenvalue weighted by Gasteiger charge is 2.32. The van der Waals surface area contributed by atoms with Crippen LogP contribution in [0.3, 0.4) is 0 Å². The Morgan fingerprint density at radius 2 is 2.10 bits per heavy atom. The van der Waals surface area contributed by atoms with Crippen LogP contribution in [0.2, 0.25) is 0 Å². The third-order valence-electron chi connectivity index (χ3n) is 3.10. The van der Waals surface area contributed by atoms with Gasteiger partial charge in [0.2, 0.25) is 0 Å². The Kier molecular flexibility index (Phi) is 4.21. The van der Waals surface area contributed by atoms with Crippen LogP contribution in [0.5, 0.6) is 11.5 Å². The Bertz CT molecular complexity index is 556. The zero-order valence-corrected chi connectivity index (χ0v) is 12.8. The Morgan fingerprint density at radius 1 is 1.38 bits per heavy atom. The maximum atomic E-state index is 12.4. The van der Waals surface area contributed by atoms with Crippen molar-refractivity contribution in [1.29, 1.82) is 0 Å². The molecule has 2 rings (SSSR count). The lowest BCUT2D eigenvalue weighted by atomic mass is 9.92. The van der Waals surface area contributed by atoms with E-state index in [9.17, 15) is 9.59 Å². The van der Waals surface area contributed by atoms with E-state index < -0.39 is 17.5 Å². The van der Waals surface area contributed by atoms with E-state index in [0.717, 1.165) is 0 Å². The molecular formula is C16H20O5. The van der Waals surface area contributed by atoms with Gasteiger partial charge in [0, 0.05) is 0 Å². The minimum atomic E-state index is -0.559. The molecule has 1 aliphatic heterocycles. The number of hydrogen-bond acceptors (Lipinski definition) is 5. The standard InChI is InChI=1S/C16H20O5/c1-16(2,3)21-14(17)7-10-9-20-13-6-5-11(19-4)8-12(13)15(10)18/h5-6,8,10H,7,9H2,1-4H3/t10-/m1/s1. The van der Waals surface area contributed by atoms with Gasteiger partial charge in [-0.3, -0.25) is 9.59 Å². The molecule has 0 aliphatic carbocycles. The molecule has 0 spiro atoms. The second kappa shape index (κ2) is 5.76. The normalized spacial score (nSPS) is 17.7. The summed E-state index contributed by atoms with van der Waals surface area (Å²) in [6, 6.07) is 5.08. The Hall–Kier alpha value is -2.04. The van der Waals surface area contributed by atoms with Crippen molar-refractivity contribution in [2.75, 3.05) is 13.7 Å². The van der Waals surface area contributed by atoms with Gasteiger partial charge in [0.1, 0.15) is 17.1 Å². The fourth-order valence-corrected chi connectivity index (χ4v) is 2.18. The summed E-state index contributed by atoms with van der Waals surface area (Å²) in [5, 5.41) is 0. The average molecular weight is 292 g/mol. The number of hydrogen-bond donors (Lipinski definition) is 0. The van der Waals surface area contributed by atoms with E-state index in [1.807, 2.05) is 0 Å². The fourth-order valence-electron chi connectivity index (χ4n) is 2.18. The van der Waals surface area contributed by atoms with Gasteiger partial charge < -0.3 is 14.2 Å². The second-order valence-corrected chi connectivity index (χ2v) is 6.02. The van der Waals surface area contributed by atoms with Crippen LogP contribution >= 0.6 is 0 Å². The number of fused-ring (bicyclic) bond motifs is 1. The van der Waals surface area contributed by atoms with Crippen LogP contribution in [0.4, 0.5) is 0 Å². The number of benzene rings is 1. The van der Waals surface area contributed by atoms with E-state index in [0.29, 0.717) is 17.1 Å². The Labute approximate surface area is 124 Å². The minimum absolute atomic E-state index is 0.0206. The van der Waals surface area contributed by atoms with Gasteiger partial charge in [-0.2, -0.15) is 0 Å². The summed E-state index contributed by atoms with van der Waals surface area (Å²) in [5.74, 6) is 0.0983. The highest BCUT2D eigenvalue weighted by atomic mass is 16.6. The molecule has 21 heavy (non-hydrogen) atoms. The Morgan fingerprint density at radius 3 is 2.71 bits per heavy atom. The number of methoxy groups -OCH3 is 1. The molecular weight excluding hydrogens is 272 g/mol. The maximum Gasteiger partial charge on any atom is 0.307 e. The molecule has 1 atom stereocenters. The lowest BCUT2D eigenvalue weighted by molar-refractivity contribution is -0.155. The van der Waals surface area contributed by atoms with Gasteiger partial charge >= 0.3 is 5.97 Å². The number of ketones is 1. The molecule has 0 unspecified atom stereocenters. The number of esters is 1. The summed E-state index contributed by atoms with van der Waals surface area (Å²) in [6.07, 6.45) is 0.0206. The third kappa shape index (κ3) is 3.74. The van der Waals surface area contributed by atoms with Gasteiger partial charge in [-0.05, 0) is 39.0 Å². The van der Waals surface area contributed by atoms with Crippen molar-refractivity contribution in [2.45, 2.75) is 32.8 Å². The number of carbonyl (C=O) groups is 2. The molecule has 0 fully saturated rings. The molecule has 0 N–H and O–H groups in total. The second-order valence-electron chi connectivity index (χ2n) is 6.02. The molecule has 1 aliphatic rings. The summed E-state index contributed by atoms with van der Waals surface area (Å²) < 4.78 is 15.9. The van der Waals surface area contributed by atoms with Crippen LogP contribution < -0.4 is 9.47 Å². The van der Waals surface area contributed by atoms with Gasteiger partial charge in [0.25, 0.3) is 0 Å². The summed E-state index contributed by atoms with van der Waals surface area (Å²) >= 11 is 0. The molecule has 0 aromatic heterocycles. The summed E-state index contributed by atoms with van der Waals surface area (Å²) in [6.45, 7) is 5.58. The number of rotatable bonds is 3. The number of Topliss-reactive ketones (excluding diaryl/α,β-unsaturated/α-hetero) is 1. The number of carbonyl (C=O) groups excluding carboxylic acids is 2. The van der Waals surface area contributed by atoms with Gasteiger partial charge in [0.05, 0.1) is 31.6 Å². The molecule has 0 saturated heterocycles. The van der Waals surface area contributed by atoms with Crippen molar-refractivity contribution in [3.05, 3.63) is 23.8 Å². The van der Waals surface area contributed by atoms with Crippen molar-refractivity contribution >= 4 is 11.8 Å². The highest BCUT2D eigenvalue weighted by Crippen LogP contribution is 2.32. The first-order valence-electron chi connectivity index (χ1n) is 6.87. The SMILES string of the molecule is COc1ccc2c(c1)C(=O)[C@H](CC(=O)OC(C)(C)C)CO2. The van der Waals surface area contributed by atoms with Gasteiger partial charge in [-0.15, -0.1) is 0 Å². The smallest absolute Gasteiger partial charge is 0.307 e. The minimum Gasteiger partial charge on any atom is -0.497 e. The number of ether oxygens (including phenoxy) is 3. The van der Waals surface area contributed by atoms with Crippen molar-refractivity contribution in [2.24, 2.45) is 5.92 Å². The van der Waals surface area contributed by atoms with Gasteiger partial charge in [0.15, 0.2) is 5.78 Å². The molecule has 0 bridgehead atoms. The Balaban J connectivity index is 2.11. The molecule has 0 radical (unpaired) electrons. The van der Waals surface area contributed by atoms with Crippen LogP contribution in [0.1, 0.15) is 37.6 Å². The molecule has 0 saturated carbocycles. The lowest BCUT2D eigenvalue weighted by Crippen LogP contribution is -2.32. The molecule has 114 valence electrons.